The van der Waals surface area contributed by atoms with Crippen LogP contribution in [0.4, 0.5) is 0 Å². The van der Waals surface area contributed by atoms with Crippen LogP contribution < -0.4 is 44.1 Å². The number of hydrogen-bond acceptors (Lipinski definition) is 3. The average Bonchev–Trinajstić information content (AvgIpc) is 2.33. The van der Waals surface area contributed by atoms with Crippen molar-refractivity contribution in [2.24, 2.45) is 0 Å². The monoisotopic (exact) mass is 280 g/mol. The predicted octanol–water partition coefficient (Wildman–Crippen LogP) is 0.734. The summed E-state index contributed by atoms with van der Waals surface area (Å²) in [5.74, 6) is 1.36. The molecule has 2 rings (SSSR count). The summed E-state index contributed by atoms with van der Waals surface area (Å²) in [5, 5.41) is 11.8. The fraction of sp³-hybridized carbons (Fsp3) is 0.250. The summed E-state index contributed by atoms with van der Waals surface area (Å²) in [5.41, 5.74) is -0.311. The van der Waals surface area contributed by atoms with Crippen molar-refractivity contribution in [3.05, 3.63) is 48.5 Å². The normalized spacial score (nSPS) is 10.6. The molecule has 0 spiro atoms. The minimum atomic E-state index is -0.311. The molecular weight excluding hydrogens is 263 g/mol. The van der Waals surface area contributed by atoms with Gasteiger partial charge in [-0.2, -0.15) is 0 Å². The Bertz CT molecular complexity index is 547. The molecule has 2 aromatic rings. The van der Waals surface area contributed by atoms with Crippen molar-refractivity contribution in [2.45, 2.75) is 26.4 Å². The van der Waals surface area contributed by atoms with E-state index in [1.54, 1.807) is 24.3 Å². The van der Waals surface area contributed by atoms with E-state index in [-0.39, 0.29) is 46.7 Å². The Labute approximate surface area is 141 Å². The molecule has 2 aromatic carbocycles. The Morgan fingerprint density at radius 1 is 0.900 bits per heavy atom. The van der Waals surface area contributed by atoms with Crippen LogP contribution in [0.25, 0.3) is 0 Å². The average molecular weight is 280 g/mol. The van der Waals surface area contributed by atoms with Crippen LogP contribution in [0.1, 0.15) is 20.8 Å². The van der Waals surface area contributed by atoms with E-state index in [4.69, 9.17) is 9.47 Å². The van der Waals surface area contributed by atoms with E-state index in [1.807, 2.05) is 39.0 Å². The van der Waals surface area contributed by atoms with Crippen LogP contribution >= 0.6 is 0 Å². The number of rotatable bonds is 3. The van der Waals surface area contributed by atoms with Gasteiger partial charge >= 0.3 is 29.6 Å². The number of benzene rings is 2. The van der Waals surface area contributed by atoms with Crippen molar-refractivity contribution in [2.75, 3.05) is 0 Å². The topological polar surface area (TPSA) is 41.5 Å². The fourth-order valence-corrected chi connectivity index (χ4v) is 1.60. The van der Waals surface area contributed by atoms with E-state index in [9.17, 15) is 5.11 Å². The maximum absolute atomic E-state index is 11.8. The Morgan fingerprint density at radius 3 is 2.15 bits per heavy atom. The molecule has 0 unspecified atom stereocenters. The summed E-state index contributed by atoms with van der Waals surface area (Å²) >= 11 is 0. The third kappa shape index (κ3) is 5.08. The van der Waals surface area contributed by atoms with Gasteiger partial charge in [-0.1, -0.05) is 30.0 Å². The SMILES string of the molecule is CC(C)(C)Oc1ccc([O-])c(Oc2ccccc2)c1.[Na+]. The zero-order valence-corrected chi connectivity index (χ0v) is 14.3. The van der Waals surface area contributed by atoms with E-state index >= 15 is 0 Å². The molecule has 3 nitrogen and oxygen atoms in total. The van der Waals surface area contributed by atoms with Crippen LogP contribution in [-0.2, 0) is 0 Å². The number of ether oxygens (including phenoxy) is 2. The summed E-state index contributed by atoms with van der Waals surface area (Å²) in [7, 11) is 0. The van der Waals surface area contributed by atoms with E-state index in [1.165, 1.54) is 6.07 Å². The number of para-hydroxylation sites is 1. The van der Waals surface area contributed by atoms with E-state index < -0.39 is 0 Å². The molecule has 4 heteroatoms. The third-order valence-electron chi connectivity index (χ3n) is 2.31. The quantitative estimate of drug-likeness (QED) is 0.779. The molecule has 0 saturated heterocycles. The predicted molar refractivity (Wildman–Crippen MR) is 72.8 cm³/mol. The van der Waals surface area contributed by atoms with Gasteiger partial charge in [0.15, 0.2) is 0 Å². The summed E-state index contributed by atoms with van der Waals surface area (Å²) < 4.78 is 11.3. The molecule has 0 N–H and O–H groups in total. The second kappa shape index (κ2) is 7.02. The van der Waals surface area contributed by atoms with Crippen molar-refractivity contribution >= 4 is 0 Å². The first kappa shape index (κ1) is 16.9. The van der Waals surface area contributed by atoms with Gasteiger partial charge in [0.1, 0.15) is 22.8 Å². The summed E-state index contributed by atoms with van der Waals surface area (Å²) in [4.78, 5) is 0. The molecule has 0 aliphatic heterocycles. The summed E-state index contributed by atoms with van der Waals surface area (Å²) in [6.07, 6.45) is 0. The summed E-state index contributed by atoms with van der Waals surface area (Å²) in [6.45, 7) is 5.86. The standard InChI is InChI=1S/C16H18O3.Na/c1-16(2,3)19-13-9-10-14(17)15(11-13)18-12-7-5-4-6-8-12;/h4-11,17H,1-3H3;/q;+1/p-1. The maximum atomic E-state index is 11.8. The Balaban J connectivity index is 0.00000200. The van der Waals surface area contributed by atoms with Crippen LogP contribution in [0.3, 0.4) is 0 Å². The largest absolute Gasteiger partial charge is 1.00 e. The second-order valence-electron chi connectivity index (χ2n) is 5.24. The Kier molecular flexibility index (Phi) is 5.93. The van der Waals surface area contributed by atoms with E-state index in [2.05, 4.69) is 0 Å². The van der Waals surface area contributed by atoms with Gasteiger partial charge in [-0.05, 0) is 39.0 Å². The maximum Gasteiger partial charge on any atom is 1.00 e. The first-order valence-corrected chi connectivity index (χ1v) is 6.17. The summed E-state index contributed by atoms with van der Waals surface area (Å²) in [6, 6.07) is 14.0. The van der Waals surface area contributed by atoms with Gasteiger partial charge in [-0.15, -0.1) is 0 Å². The van der Waals surface area contributed by atoms with E-state index in [0.29, 0.717) is 11.5 Å². The van der Waals surface area contributed by atoms with Gasteiger partial charge in [0.2, 0.25) is 0 Å². The molecule has 100 valence electrons. The molecule has 0 aromatic heterocycles. The van der Waals surface area contributed by atoms with Gasteiger partial charge in [0.25, 0.3) is 0 Å². The zero-order valence-electron chi connectivity index (χ0n) is 12.3. The molecule has 0 radical (unpaired) electrons. The van der Waals surface area contributed by atoms with E-state index in [0.717, 1.165) is 0 Å². The molecular formula is C16H17NaO3. The minimum absolute atomic E-state index is 0. The van der Waals surface area contributed by atoms with Gasteiger partial charge in [-0.25, -0.2) is 0 Å². The third-order valence-corrected chi connectivity index (χ3v) is 2.31. The van der Waals surface area contributed by atoms with Crippen LogP contribution in [0.15, 0.2) is 48.5 Å². The van der Waals surface area contributed by atoms with Gasteiger partial charge in [-0.3, -0.25) is 0 Å². The van der Waals surface area contributed by atoms with Gasteiger partial charge < -0.3 is 14.6 Å². The van der Waals surface area contributed by atoms with Crippen molar-refractivity contribution < 1.29 is 44.1 Å². The number of hydrogen-bond donors (Lipinski definition) is 0. The van der Waals surface area contributed by atoms with Crippen molar-refractivity contribution in [3.8, 4) is 23.0 Å². The first-order chi connectivity index (χ1) is 8.94. The van der Waals surface area contributed by atoms with Gasteiger partial charge in [0.05, 0.1) is 0 Å². The van der Waals surface area contributed by atoms with Crippen molar-refractivity contribution in [1.82, 2.24) is 0 Å². The Hall–Kier alpha value is -1.16. The smallest absolute Gasteiger partial charge is 0.870 e. The van der Waals surface area contributed by atoms with Crippen molar-refractivity contribution in [1.29, 1.82) is 0 Å². The zero-order chi connectivity index (χ0) is 13.9. The first-order valence-electron chi connectivity index (χ1n) is 6.17. The van der Waals surface area contributed by atoms with Crippen LogP contribution in [0.2, 0.25) is 0 Å². The van der Waals surface area contributed by atoms with Crippen LogP contribution in [0.5, 0.6) is 23.0 Å². The van der Waals surface area contributed by atoms with Gasteiger partial charge in [0, 0.05) is 6.07 Å². The fourth-order valence-electron chi connectivity index (χ4n) is 1.60. The molecule has 0 fully saturated rings. The molecule has 0 aliphatic carbocycles. The second-order valence-corrected chi connectivity index (χ2v) is 5.24. The molecule has 0 bridgehead atoms. The molecule has 0 saturated carbocycles. The molecule has 0 amide bonds. The molecule has 0 heterocycles. The molecule has 20 heavy (non-hydrogen) atoms. The Morgan fingerprint density at radius 2 is 1.55 bits per heavy atom. The minimum Gasteiger partial charge on any atom is -0.870 e. The van der Waals surface area contributed by atoms with Crippen molar-refractivity contribution in [3.63, 3.8) is 0 Å². The van der Waals surface area contributed by atoms with Crippen LogP contribution in [-0.4, -0.2) is 5.60 Å². The molecule has 0 atom stereocenters. The van der Waals surface area contributed by atoms with Crippen LogP contribution in [0, 0.1) is 0 Å². The molecule has 0 aliphatic rings.